The molecule has 3 rings (SSSR count). The van der Waals surface area contributed by atoms with Gasteiger partial charge in [0.1, 0.15) is 11.8 Å². The fourth-order valence-electron chi connectivity index (χ4n) is 2.00. The second-order valence-electron chi connectivity index (χ2n) is 4.04. The van der Waals surface area contributed by atoms with Gasteiger partial charge in [-0.2, -0.15) is 5.10 Å². The van der Waals surface area contributed by atoms with Gasteiger partial charge in [-0.25, -0.2) is 19.6 Å². The second-order valence-corrected chi connectivity index (χ2v) is 4.04. The normalized spacial score (nSPS) is 11.2. The van der Waals surface area contributed by atoms with Crippen LogP contribution in [0.2, 0.25) is 0 Å². The van der Waals surface area contributed by atoms with Crippen LogP contribution >= 0.6 is 0 Å². The van der Waals surface area contributed by atoms with Crippen molar-refractivity contribution in [3.05, 3.63) is 30.1 Å². The molecule has 0 spiro atoms. The Labute approximate surface area is 104 Å². The Morgan fingerprint density at radius 2 is 2.06 bits per heavy atom. The van der Waals surface area contributed by atoms with E-state index in [1.807, 2.05) is 4.68 Å². The minimum Gasteiger partial charge on any atom is -0.340 e. The van der Waals surface area contributed by atoms with Crippen LogP contribution < -0.4 is 0 Å². The van der Waals surface area contributed by atoms with E-state index in [1.54, 1.807) is 6.33 Å². The van der Waals surface area contributed by atoms with Crippen LogP contribution in [0.25, 0.3) is 17.0 Å². The maximum atomic E-state index is 4.58. The molecule has 6 heteroatoms. The average molecular weight is 242 g/mol. The first-order chi connectivity index (χ1) is 8.83. The van der Waals surface area contributed by atoms with Crippen LogP contribution in [-0.4, -0.2) is 29.7 Å². The molecule has 92 valence electrons. The number of H-pyrrole nitrogens is 1. The predicted molar refractivity (Wildman–Crippen MR) is 67.6 cm³/mol. The highest BCUT2D eigenvalue weighted by Crippen LogP contribution is 2.17. The second kappa shape index (κ2) is 4.21. The molecule has 6 nitrogen and oxygen atoms in total. The molecule has 0 saturated heterocycles. The molecule has 0 aromatic carbocycles. The Kier molecular flexibility index (Phi) is 2.55. The largest absolute Gasteiger partial charge is 0.340 e. The Bertz CT molecular complexity index is 681. The Hall–Kier alpha value is -2.24. The Morgan fingerprint density at radius 3 is 2.83 bits per heavy atom. The number of nitrogens with one attached hydrogen (secondary N) is 1. The van der Waals surface area contributed by atoms with Crippen molar-refractivity contribution in [1.29, 1.82) is 0 Å². The average Bonchev–Trinajstić information content (AvgIpc) is 3.04. The number of rotatable bonds is 3. The van der Waals surface area contributed by atoms with E-state index in [1.165, 1.54) is 6.33 Å². The van der Waals surface area contributed by atoms with Crippen molar-refractivity contribution in [2.45, 2.75) is 26.7 Å². The third kappa shape index (κ3) is 1.57. The van der Waals surface area contributed by atoms with Crippen LogP contribution in [-0.2, 0) is 12.8 Å². The maximum absolute atomic E-state index is 4.58. The minimum absolute atomic E-state index is 0.663. The highest BCUT2D eigenvalue weighted by atomic mass is 15.3. The lowest BCUT2D eigenvalue weighted by Gasteiger charge is -2.04. The molecule has 0 aliphatic heterocycles. The van der Waals surface area contributed by atoms with Gasteiger partial charge in [0.05, 0.1) is 12.0 Å². The first-order valence-electron chi connectivity index (χ1n) is 6.05. The summed E-state index contributed by atoms with van der Waals surface area (Å²) in [6.45, 7) is 4.20. The lowest BCUT2D eigenvalue weighted by Crippen LogP contribution is -2.05. The van der Waals surface area contributed by atoms with E-state index in [9.17, 15) is 0 Å². The van der Waals surface area contributed by atoms with Crippen molar-refractivity contribution < 1.29 is 0 Å². The summed E-state index contributed by atoms with van der Waals surface area (Å²) in [6, 6.07) is 2.12. The first kappa shape index (κ1) is 10.9. The van der Waals surface area contributed by atoms with Gasteiger partial charge in [0.15, 0.2) is 11.5 Å². The van der Waals surface area contributed by atoms with Gasteiger partial charge in [-0.3, -0.25) is 0 Å². The van der Waals surface area contributed by atoms with E-state index < -0.39 is 0 Å². The van der Waals surface area contributed by atoms with Crippen LogP contribution in [0.5, 0.6) is 0 Å². The number of hydrogen-bond acceptors (Lipinski definition) is 4. The van der Waals surface area contributed by atoms with Gasteiger partial charge in [0, 0.05) is 5.69 Å². The fraction of sp³-hybridized carbons (Fsp3) is 0.333. The molecule has 0 aliphatic rings. The molecule has 1 N–H and O–H groups in total. The van der Waals surface area contributed by atoms with Crippen LogP contribution in [0.15, 0.2) is 18.7 Å². The summed E-state index contributed by atoms with van der Waals surface area (Å²) in [5.74, 6) is 0.758. The molecule has 0 atom stereocenters. The van der Waals surface area contributed by atoms with Crippen LogP contribution in [0.4, 0.5) is 0 Å². The molecule has 0 saturated carbocycles. The monoisotopic (exact) mass is 242 g/mol. The molecule has 0 unspecified atom stereocenters. The molecule has 0 aliphatic carbocycles. The third-order valence-electron chi connectivity index (χ3n) is 2.96. The number of imidazole rings is 1. The summed E-state index contributed by atoms with van der Waals surface area (Å²) in [6.07, 6.45) is 4.97. The van der Waals surface area contributed by atoms with Crippen LogP contribution in [0.3, 0.4) is 0 Å². The van der Waals surface area contributed by atoms with Gasteiger partial charge >= 0.3 is 0 Å². The SMILES string of the molecule is CCc1cc(CC)n(-c2ncnc3nc[nH]c23)n1. The van der Waals surface area contributed by atoms with Gasteiger partial charge in [-0.15, -0.1) is 0 Å². The molecule has 0 fully saturated rings. The van der Waals surface area contributed by atoms with Crippen LogP contribution in [0.1, 0.15) is 25.2 Å². The Morgan fingerprint density at radius 1 is 1.17 bits per heavy atom. The molecule has 0 radical (unpaired) electrons. The summed E-state index contributed by atoms with van der Waals surface area (Å²) in [4.78, 5) is 15.6. The number of fused-ring (bicyclic) bond motifs is 1. The van der Waals surface area contributed by atoms with Crippen molar-refractivity contribution in [2.75, 3.05) is 0 Å². The van der Waals surface area contributed by atoms with Crippen molar-refractivity contribution in [3.63, 3.8) is 0 Å². The molecule has 3 aromatic rings. The first-order valence-corrected chi connectivity index (χ1v) is 6.05. The zero-order chi connectivity index (χ0) is 12.5. The molecular formula is C12H14N6. The predicted octanol–water partition coefficient (Wildman–Crippen LogP) is 1.66. The molecule has 18 heavy (non-hydrogen) atoms. The molecule has 3 aromatic heterocycles. The third-order valence-corrected chi connectivity index (χ3v) is 2.96. The number of aromatic nitrogens is 6. The van der Waals surface area contributed by atoms with E-state index in [-0.39, 0.29) is 0 Å². The van der Waals surface area contributed by atoms with Gasteiger partial charge in [-0.1, -0.05) is 13.8 Å². The molecule has 3 heterocycles. The van der Waals surface area contributed by atoms with E-state index >= 15 is 0 Å². The quantitative estimate of drug-likeness (QED) is 0.758. The molecule has 0 bridgehead atoms. The van der Waals surface area contributed by atoms with Crippen molar-refractivity contribution >= 4 is 11.2 Å². The van der Waals surface area contributed by atoms with Crippen LogP contribution in [0, 0.1) is 0 Å². The molecule has 0 amide bonds. The summed E-state index contributed by atoms with van der Waals surface area (Å²) in [5, 5.41) is 4.58. The zero-order valence-corrected chi connectivity index (χ0v) is 10.4. The lowest BCUT2D eigenvalue weighted by atomic mass is 10.2. The summed E-state index contributed by atoms with van der Waals surface area (Å²) < 4.78 is 1.88. The van der Waals surface area contributed by atoms with Gasteiger partial charge < -0.3 is 4.98 Å². The highest BCUT2D eigenvalue weighted by Gasteiger charge is 2.13. The highest BCUT2D eigenvalue weighted by molar-refractivity contribution is 5.77. The van der Waals surface area contributed by atoms with Crippen molar-refractivity contribution in [3.8, 4) is 5.82 Å². The standard InChI is InChI=1S/C12H14N6/c1-3-8-5-9(4-2)18(17-8)12-10-11(14-6-13-10)15-7-16-12/h5-7H,3-4H2,1-2H3,(H,13,14,15,16). The number of aryl methyl sites for hydroxylation is 2. The van der Waals surface area contributed by atoms with Gasteiger partial charge in [0.25, 0.3) is 0 Å². The summed E-state index contributed by atoms with van der Waals surface area (Å²) in [5.41, 5.74) is 3.69. The summed E-state index contributed by atoms with van der Waals surface area (Å²) in [7, 11) is 0. The van der Waals surface area contributed by atoms with Gasteiger partial charge in [-0.05, 0) is 18.9 Å². The maximum Gasteiger partial charge on any atom is 0.182 e. The van der Waals surface area contributed by atoms with Gasteiger partial charge in [0.2, 0.25) is 0 Å². The zero-order valence-electron chi connectivity index (χ0n) is 10.4. The lowest BCUT2D eigenvalue weighted by molar-refractivity contribution is 0.774. The van der Waals surface area contributed by atoms with E-state index in [0.29, 0.717) is 5.65 Å². The number of hydrogen-bond donors (Lipinski definition) is 1. The number of aromatic amines is 1. The van der Waals surface area contributed by atoms with Crippen molar-refractivity contribution in [1.82, 2.24) is 29.7 Å². The van der Waals surface area contributed by atoms with E-state index in [2.05, 4.69) is 44.9 Å². The van der Waals surface area contributed by atoms with E-state index in [0.717, 1.165) is 35.6 Å². The minimum atomic E-state index is 0.663. The topological polar surface area (TPSA) is 72.3 Å². The number of nitrogens with zero attached hydrogens (tertiary/aromatic N) is 5. The van der Waals surface area contributed by atoms with Crippen molar-refractivity contribution in [2.24, 2.45) is 0 Å². The summed E-state index contributed by atoms with van der Waals surface area (Å²) >= 11 is 0. The molecular weight excluding hydrogens is 228 g/mol. The van der Waals surface area contributed by atoms with E-state index in [4.69, 9.17) is 0 Å². The Balaban J connectivity index is 2.25. The fourth-order valence-corrected chi connectivity index (χ4v) is 2.00. The smallest absolute Gasteiger partial charge is 0.182 e.